The third-order valence-electron chi connectivity index (χ3n) is 7.28. The second-order valence-electron chi connectivity index (χ2n) is 10.7. The summed E-state index contributed by atoms with van der Waals surface area (Å²) in [5.41, 5.74) is 0.282. The summed E-state index contributed by atoms with van der Waals surface area (Å²) in [5, 5.41) is 7.45. The van der Waals surface area contributed by atoms with E-state index < -0.39 is 17.2 Å². The molecule has 0 radical (unpaired) electrons. The van der Waals surface area contributed by atoms with Crippen LogP contribution in [0.1, 0.15) is 37.6 Å². The van der Waals surface area contributed by atoms with Crippen molar-refractivity contribution in [2.45, 2.75) is 50.7 Å². The molecule has 0 saturated carbocycles. The third-order valence-corrected chi connectivity index (χ3v) is 7.28. The van der Waals surface area contributed by atoms with E-state index in [0.29, 0.717) is 31.9 Å². The average molecular weight is 549 g/mol. The van der Waals surface area contributed by atoms with Gasteiger partial charge in [-0.05, 0) is 13.0 Å². The maximum absolute atomic E-state index is 15.3. The van der Waals surface area contributed by atoms with Gasteiger partial charge in [0.1, 0.15) is 5.69 Å². The van der Waals surface area contributed by atoms with Crippen molar-refractivity contribution in [3.05, 3.63) is 77.6 Å². The van der Waals surface area contributed by atoms with Gasteiger partial charge in [0.15, 0.2) is 5.82 Å². The van der Waals surface area contributed by atoms with Crippen LogP contribution in [0.4, 0.5) is 18.9 Å². The van der Waals surface area contributed by atoms with E-state index in [0.717, 1.165) is 11.8 Å². The molecule has 2 atom stereocenters. The number of benzene rings is 1. The highest BCUT2D eigenvalue weighted by Crippen LogP contribution is 2.43. The molecule has 0 aliphatic carbocycles. The number of carbonyl (C=O) groups excluding carboxylic acids is 1. The van der Waals surface area contributed by atoms with E-state index in [-0.39, 0.29) is 48.2 Å². The molecular formula is C27H32ClF3N6O. The number of halogens is 4. The Kier molecular flexibility index (Phi) is 7.88. The number of anilines is 1. The minimum Gasteiger partial charge on any atom is -0.311 e. The monoisotopic (exact) mass is 548 g/mol. The zero-order valence-corrected chi connectivity index (χ0v) is 22.4. The van der Waals surface area contributed by atoms with E-state index in [1.54, 1.807) is 23.1 Å². The molecule has 1 N–H and O–H groups in total. The van der Waals surface area contributed by atoms with Crippen molar-refractivity contribution in [1.29, 1.82) is 0 Å². The van der Waals surface area contributed by atoms with Gasteiger partial charge in [-0.1, -0.05) is 44.2 Å². The summed E-state index contributed by atoms with van der Waals surface area (Å²) in [6.45, 7) is 8.17. The number of fused-ring (bicyclic) bond motifs is 1. The lowest BCUT2D eigenvalue weighted by molar-refractivity contribution is -0.120. The second-order valence-corrected chi connectivity index (χ2v) is 10.7. The number of nitrogens with one attached hydrogen (secondary N) is 1. The number of carbonyl (C=O) groups is 1. The predicted octanol–water partition coefficient (Wildman–Crippen LogP) is 3.97. The smallest absolute Gasteiger partial charge is 0.311 e. The molecule has 2 aliphatic heterocycles. The molecule has 204 valence electrons. The lowest BCUT2D eigenvalue weighted by Gasteiger charge is -2.39. The predicted molar refractivity (Wildman–Crippen MR) is 141 cm³/mol. The molecule has 4 heterocycles. The molecule has 7 nitrogen and oxygen atoms in total. The molecule has 0 spiro atoms. The Hall–Kier alpha value is -2.95. The molecule has 5 rings (SSSR count). The Morgan fingerprint density at radius 3 is 2.63 bits per heavy atom. The van der Waals surface area contributed by atoms with Crippen molar-refractivity contribution in [3.8, 4) is 0 Å². The minimum absolute atomic E-state index is 0. The van der Waals surface area contributed by atoms with Crippen LogP contribution in [0.5, 0.6) is 0 Å². The van der Waals surface area contributed by atoms with Crippen LogP contribution in [-0.4, -0.2) is 63.8 Å². The van der Waals surface area contributed by atoms with Crippen LogP contribution in [0.25, 0.3) is 0 Å². The molecule has 0 unspecified atom stereocenters. The molecule has 2 aromatic heterocycles. The van der Waals surface area contributed by atoms with Crippen molar-refractivity contribution < 1.29 is 18.0 Å². The first-order valence-electron chi connectivity index (χ1n) is 12.4. The molecule has 2 aliphatic rings. The zero-order chi connectivity index (χ0) is 26.4. The van der Waals surface area contributed by atoms with Crippen molar-refractivity contribution in [3.63, 3.8) is 0 Å². The van der Waals surface area contributed by atoms with Gasteiger partial charge in [-0.2, -0.15) is 13.9 Å². The molecule has 1 fully saturated rings. The normalized spacial score (nSPS) is 21.2. The first-order valence-corrected chi connectivity index (χ1v) is 12.4. The van der Waals surface area contributed by atoms with Gasteiger partial charge in [-0.3, -0.25) is 19.4 Å². The average Bonchev–Trinajstić information content (AvgIpc) is 3.40. The van der Waals surface area contributed by atoms with Gasteiger partial charge < -0.3 is 10.2 Å². The first kappa shape index (κ1) is 28.1. The van der Waals surface area contributed by atoms with Crippen molar-refractivity contribution in [1.82, 2.24) is 25.0 Å². The highest BCUT2D eigenvalue weighted by Gasteiger charge is 2.43. The number of nitrogens with zero attached hydrogens (tertiary/aromatic N) is 5. The quantitative estimate of drug-likeness (QED) is 0.505. The number of rotatable bonds is 6. The fourth-order valence-electron chi connectivity index (χ4n) is 5.26. The fraction of sp³-hybridized carbons (Fsp3) is 0.444. The van der Waals surface area contributed by atoms with Crippen LogP contribution in [0, 0.1) is 5.82 Å². The van der Waals surface area contributed by atoms with Crippen LogP contribution >= 0.6 is 12.4 Å². The zero-order valence-electron chi connectivity index (χ0n) is 21.6. The van der Waals surface area contributed by atoms with E-state index >= 15 is 8.78 Å². The van der Waals surface area contributed by atoms with Crippen LogP contribution in [0.15, 0.2) is 55.0 Å². The molecule has 38 heavy (non-hydrogen) atoms. The van der Waals surface area contributed by atoms with E-state index in [1.165, 1.54) is 35.3 Å². The van der Waals surface area contributed by atoms with Gasteiger partial charge in [0, 0.05) is 54.5 Å². The summed E-state index contributed by atoms with van der Waals surface area (Å²) in [7, 11) is 0. The number of amides is 1. The lowest BCUT2D eigenvalue weighted by Crippen LogP contribution is -2.59. The van der Waals surface area contributed by atoms with E-state index in [2.05, 4.69) is 20.3 Å². The number of pyridine rings is 1. The summed E-state index contributed by atoms with van der Waals surface area (Å²) >= 11 is 0. The molecule has 1 aromatic carbocycles. The summed E-state index contributed by atoms with van der Waals surface area (Å²) < 4.78 is 45.7. The van der Waals surface area contributed by atoms with Crippen molar-refractivity contribution in [2.75, 3.05) is 31.1 Å². The molecule has 1 saturated heterocycles. The Labute approximate surface area is 226 Å². The maximum atomic E-state index is 15.3. The number of aromatic nitrogens is 3. The van der Waals surface area contributed by atoms with Crippen LogP contribution < -0.4 is 10.2 Å². The number of alkyl halides is 2. The third kappa shape index (κ3) is 5.43. The topological polar surface area (TPSA) is 66.3 Å². The Bertz CT molecular complexity index is 1280. The van der Waals surface area contributed by atoms with Gasteiger partial charge in [-0.15, -0.1) is 12.4 Å². The SMILES string of the molecule is C[C@@H]1CN(CC(=O)N2CC(C)(C)c3cnc(C(F)(F)c4ccccc4)cc32)[C@@H](Cn2cc(F)cn2)CN1.Cl. The van der Waals surface area contributed by atoms with E-state index in [9.17, 15) is 9.18 Å². The standard InChI is InChI=1S/C27H31F3N6O.ClH/c1-18-13-34(21(11-31-18)15-35-14-20(28)10-33-35)16-25(37)36-17-26(2,3)22-12-32-24(9-23(22)36)27(29,30)19-7-5-4-6-8-19;/h4-10,12,14,18,21,31H,11,13,15-17H2,1-3H3;1H/t18-,21-;/m1./s1. The van der Waals surface area contributed by atoms with Crippen molar-refractivity contribution >= 4 is 24.0 Å². The Morgan fingerprint density at radius 1 is 1.21 bits per heavy atom. The Morgan fingerprint density at radius 2 is 1.95 bits per heavy atom. The number of hydrogen-bond acceptors (Lipinski definition) is 5. The fourth-order valence-corrected chi connectivity index (χ4v) is 5.26. The van der Waals surface area contributed by atoms with E-state index in [4.69, 9.17) is 0 Å². The van der Waals surface area contributed by atoms with Crippen LogP contribution in [-0.2, 0) is 22.7 Å². The minimum atomic E-state index is -3.30. The van der Waals surface area contributed by atoms with Crippen LogP contribution in [0.3, 0.4) is 0 Å². The molecule has 11 heteroatoms. The first-order chi connectivity index (χ1) is 17.5. The van der Waals surface area contributed by atoms with Gasteiger partial charge in [0.25, 0.3) is 0 Å². The molecule has 0 bridgehead atoms. The highest BCUT2D eigenvalue weighted by atomic mass is 35.5. The summed E-state index contributed by atoms with van der Waals surface area (Å²) in [5.74, 6) is -3.87. The van der Waals surface area contributed by atoms with E-state index in [1.807, 2.05) is 20.8 Å². The van der Waals surface area contributed by atoms with Crippen molar-refractivity contribution in [2.24, 2.45) is 0 Å². The molecule has 3 aromatic rings. The summed E-state index contributed by atoms with van der Waals surface area (Å²) in [6, 6.07) is 9.02. The number of piperazine rings is 1. The maximum Gasteiger partial charge on any atom is 0.314 e. The van der Waals surface area contributed by atoms with Gasteiger partial charge in [-0.25, -0.2) is 4.39 Å². The lowest BCUT2D eigenvalue weighted by atomic mass is 9.88. The molecular weight excluding hydrogens is 517 g/mol. The Balaban J connectivity index is 0.00000336. The molecule has 1 amide bonds. The summed E-state index contributed by atoms with van der Waals surface area (Å²) in [4.78, 5) is 21.5. The second kappa shape index (κ2) is 10.7. The van der Waals surface area contributed by atoms with Gasteiger partial charge >= 0.3 is 5.92 Å². The van der Waals surface area contributed by atoms with Crippen LogP contribution in [0.2, 0.25) is 0 Å². The summed E-state index contributed by atoms with van der Waals surface area (Å²) in [6.07, 6.45) is 3.98. The highest BCUT2D eigenvalue weighted by molar-refractivity contribution is 5.97. The largest absolute Gasteiger partial charge is 0.314 e. The number of hydrogen-bond donors (Lipinski definition) is 1. The van der Waals surface area contributed by atoms with Gasteiger partial charge in [0.2, 0.25) is 5.91 Å². The van der Waals surface area contributed by atoms with Gasteiger partial charge in [0.05, 0.1) is 31.2 Å².